The Kier molecular flexibility index (Phi) is 2.92. The second-order valence-electron chi connectivity index (χ2n) is 9.16. The first kappa shape index (κ1) is 14.2. The van der Waals surface area contributed by atoms with E-state index in [9.17, 15) is 0 Å². The summed E-state index contributed by atoms with van der Waals surface area (Å²) in [5.74, 6) is 0.930. The fraction of sp³-hybridized carbons (Fsp3) is 0.833. The van der Waals surface area contributed by atoms with Crippen molar-refractivity contribution in [2.24, 2.45) is 27.9 Å². The van der Waals surface area contributed by atoms with Gasteiger partial charge >= 0.3 is 0 Å². The lowest BCUT2D eigenvalue weighted by Crippen LogP contribution is -2.61. The summed E-state index contributed by atoms with van der Waals surface area (Å²) >= 11 is 1.76. The first-order chi connectivity index (χ1) is 9.80. The SMILES string of the molecule is Cc1nc(CC(N)C23CC4CC(C)(CC(C)(C4)C2)C3)cs1. The lowest BCUT2D eigenvalue weighted by atomic mass is 9.39. The molecule has 4 saturated carbocycles. The molecule has 1 aromatic heterocycles. The number of nitrogens with zero attached hydrogens (tertiary/aromatic N) is 1. The Balaban J connectivity index is 1.61. The van der Waals surface area contributed by atoms with Crippen molar-refractivity contribution in [1.82, 2.24) is 4.98 Å². The molecular weight excluding hydrogens is 276 g/mol. The quantitative estimate of drug-likeness (QED) is 0.903. The number of thiazole rings is 1. The van der Waals surface area contributed by atoms with Gasteiger partial charge in [-0.15, -0.1) is 11.3 Å². The Labute approximate surface area is 132 Å². The molecule has 4 bridgehead atoms. The van der Waals surface area contributed by atoms with Crippen molar-refractivity contribution < 1.29 is 0 Å². The number of hydrogen-bond acceptors (Lipinski definition) is 3. The molecule has 1 aromatic rings. The molecule has 0 amide bonds. The van der Waals surface area contributed by atoms with Gasteiger partial charge in [-0.05, 0) is 67.6 Å². The van der Waals surface area contributed by atoms with Gasteiger partial charge in [-0.3, -0.25) is 0 Å². The first-order valence-corrected chi connectivity index (χ1v) is 9.35. The van der Waals surface area contributed by atoms with Crippen LogP contribution in [0.1, 0.15) is 63.1 Å². The fourth-order valence-electron chi connectivity index (χ4n) is 6.89. The summed E-state index contributed by atoms with van der Waals surface area (Å²) in [4.78, 5) is 4.65. The molecule has 0 aliphatic heterocycles. The summed E-state index contributed by atoms with van der Waals surface area (Å²) in [5.41, 5.74) is 9.52. The molecule has 3 atom stereocenters. The number of hydrogen-bond donors (Lipinski definition) is 1. The standard InChI is InChI=1S/C18H28N2S/c1-12-20-14(8-21-12)4-15(19)18-7-13-5-16(2,10-18)9-17(3,6-13)11-18/h8,13,15H,4-7,9-11,19H2,1-3H3. The zero-order chi connectivity index (χ0) is 14.9. The van der Waals surface area contributed by atoms with Crippen molar-refractivity contribution in [3.05, 3.63) is 16.1 Å². The summed E-state index contributed by atoms with van der Waals surface area (Å²) in [7, 11) is 0. The second kappa shape index (κ2) is 4.32. The number of nitrogens with two attached hydrogens (primary N) is 1. The molecule has 0 saturated heterocycles. The lowest BCUT2D eigenvalue weighted by Gasteiger charge is -2.67. The second-order valence-corrected chi connectivity index (χ2v) is 10.2. The van der Waals surface area contributed by atoms with Crippen LogP contribution in [0, 0.1) is 29.1 Å². The van der Waals surface area contributed by atoms with Gasteiger partial charge in [0, 0.05) is 17.8 Å². The molecule has 3 heteroatoms. The highest BCUT2D eigenvalue weighted by Crippen LogP contribution is 2.70. The van der Waals surface area contributed by atoms with Crippen molar-refractivity contribution in [1.29, 1.82) is 0 Å². The van der Waals surface area contributed by atoms with Crippen molar-refractivity contribution >= 4 is 11.3 Å². The maximum Gasteiger partial charge on any atom is 0.0897 e. The smallest absolute Gasteiger partial charge is 0.0897 e. The molecule has 5 rings (SSSR count). The number of rotatable bonds is 3. The topological polar surface area (TPSA) is 38.9 Å². The van der Waals surface area contributed by atoms with Gasteiger partial charge in [-0.2, -0.15) is 0 Å². The van der Waals surface area contributed by atoms with E-state index in [1.54, 1.807) is 11.3 Å². The largest absolute Gasteiger partial charge is 0.327 e. The van der Waals surface area contributed by atoms with Crippen LogP contribution in [0.15, 0.2) is 5.38 Å². The van der Waals surface area contributed by atoms with Crippen molar-refractivity contribution in [2.45, 2.75) is 71.8 Å². The summed E-state index contributed by atoms with van der Waals surface area (Å²) in [6.07, 6.45) is 9.40. The normalized spacial score (nSPS) is 46.0. The monoisotopic (exact) mass is 304 g/mol. The van der Waals surface area contributed by atoms with E-state index in [1.807, 2.05) is 0 Å². The van der Waals surface area contributed by atoms with Gasteiger partial charge in [0.05, 0.1) is 10.7 Å². The average molecular weight is 305 g/mol. The Morgan fingerprint density at radius 3 is 2.43 bits per heavy atom. The maximum atomic E-state index is 6.80. The zero-order valence-electron chi connectivity index (χ0n) is 13.6. The third-order valence-electron chi connectivity index (χ3n) is 6.55. The molecule has 4 aliphatic carbocycles. The number of aryl methyl sites for hydroxylation is 1. The molecule has 21 heavy (non-hydrogen) atoms. The molecule has 4 fully saturated rings. The fourth-order valence-corrected chi connectivity index (χ4v) is 7.52. The molecular formula is C18H28N2S. The Hall–Kier alpha value is -0.410. The molecule has 116 valence electrons. The van der Waals surface area contributed by atoms with Crippen LogP contribution < -0.4 is 5.73 Å². The Morgan fingerprint density at radius 2 is 1.90 bits per heavy atom. The van der Waals surface area contributed by atoms with Crippen molar-refractivity contribution in [2.75, 3.05) is 0 Å². The molecule has 0 radical (unpaired) electrons. The minimum absolute atomic E-state index is 0.293. The van der Waals surface area contributed by atoms with Crippen LogP contribution in [-0.4, -0.2) is 11.0 Å². The highest BCUT2D eigenvalue weighted by Gasteiger charge is 2.61. The summed E-state index contributed by atoms with van der Waals surface area (Å²) in [5, 5.41) is 3.38. The van der Waals surface area contributed by atoms with Crippen LogP contribution in [0.5, 0.6) is 0 Å². The highest BCUT2D eigenvalue weighted by atomic mass is 32.1. The molecule has 4 aliphatic rings. The summed E-state index contributed by atoms with van der Waals surface area (Å²) in [6, 6.07) is 0.293. The predicted octanol–water partition coefficient (Wildman–Crippen LogP) is 4.32. The highest BCUT2D eigenvalue weighted by molar-refractivity contribution is 7.09. The Morgan fingerprint density at radius 1 is 1.24 bits per heavy atom. The average Bonchev–Trinajstić information content (AvgIpc) is 2.69. The van der Waals surface area contributed by atoms with E-state index >= 15 is 0 Å². The summed E-state index contributed by atoms with van der Waals surface area (Å²) in [6.45, 7) is 7.15. The van der Waals surface area contributed by atoms with Crippen LogP contribution in [-0.2, 0) is 6.42 Å². The molecule has 0 aromatic carbocycles. The van der Waals surface area contributed by atoms with Crippen molar-refractivity contribution in [3.63, 3.8) is 0 Å². The molecule has 2 nitrogen and oxygen atoms in total. The molecule has 2 N–H and O–H groups in total. The van der Waals surface area contributed by atoms with Crippen LogP contribution in [0.3, 0.4) is 0 Å². The van der Waals surface area contributed by atoms with Crippen LogP contribution in [0.4, 0.5) is 0 Å². The summed E-state index contributed by atoms with van der Waals surface area (Å²) < 4.78 is 0. The van der Waals surface area contributed by atoms with Gasteiger partial charge in [-0.25, -0.2) is 4.98 Å². The van der Waals surface area contributed by atoms with Crippen LogP contribution >= 0.6 is 11.3 Å². The molecule has 0 spiro atoms. The first-order valence-electron chi connectivity index (χ1n) is 8.47. The maximum absolute atomic E-state index is 6.80. The lowest BCUT2D eigenvalue weighted by molar-refractivity contribution is -0.153. The molecule has 3 unspecified atom stereocenters. The van der Waals surface area contributed by atoms with E-state index in [2.05, 4.69) is 31.1 Å². The van der Waals surface area contributed by atoms with Crippen molar-refractivity contribution in [3.8, 4) is 0 Å². The van der Waals surface area contributed by atoms with Crippen LogP contribution in [0.2, 0.25) is 0 Å². The third kappa shape index (κ3) is 2.28. The van der Waals surface area contributed by atoms with Crippen LogP contribution in [0.25, 0.3) is 0 Å². The van der Waals surface area contributed by atoms with E-state index in [4.69, 9.17) is 5.73 Å². The molecule has 1 heterocycles. The Bertz CT molecular complexity index is 545. The van der Waals surface area contributed by atoms with Gasteiger partial charge in [0.2, 0.25) is 0 Å². The number of aromatic nitrogens is 1. The van der Waals surface area contributed by atoms with E-state index in [0.717, 1.165) is 12.3 Å². The predicted molar refractivity (Wildman–Crippen MR) is 88.4 cm³/mol. The van der Waals surface area contributed by atoms with E-state index in [0.29, 0.717) is 22.3 Å². The van der Waals surface area contributed by atoms with E-state index in [1.165, 1.54) is 49.2 Å². The van der Waals surface area contributed by atoms with Gasteiger partial charge in [-0.1, -0.05) is 13.8 Å². The van der Waals surface area contributed by atoms with Gasteiger partial charge < -0.3 is 5.73 Å². The third-order valence-corrected chi connectivity index (χ3v) is 7.37. The van der Waals surface area contributed by atoms with Gasteiger partial charge in [0.1, 0.15) is 0 Å². The zero-order valence-corrected chi connectivity index (χ0v) is 14.4. The van der Waals surface area contributed by atoms with Gasteiger partial charge in [0.25, 0.3) is 0 Å². The van der Waals surface area contributed by atoms with E-state index in [-0.39, 0.29) is 0 Å². The van der Waals surface area contributed by atoms with E-state index < -0.39 is 0 Å². The van der Waals surface area contributed by atoms with Gasteiger partial charge in [0.15, 0.2) is 0 Å². The minimum atomic E-state index is 0.293. The minimum Gasteiger partial charge on any atom is -0.327 e.